The molecular formula is C30H31F10NO3. The lowest BCUT2D eigenvalue weighted by Gasteiger charge is -2.39. The van der Waals surface area contributed by atoms with Gasteiger partial charge in [0.25, 0.3) is 0 Å². The summed E-state index contributed by atoms with van der Waals surface area (Å²) in [6.07, 6.45) is -12.7. The minimum atomic E-state index is -5.10. The van der Waals surface area contributed by atoms with Crippen molar-refractivity contribution < 1.29 is 58.2 Å². The number of allylic oxidation sites excluding steroid dienone is 8. The van der Waals surface area contributed by atoms with E-state index >= 15 is 0 Å². The zero-order valence-corrected chi connectivity index (χ0v) is 24.0. The van der Waals surface area contributed by atoms with Gasteiger partial charge in [0.15, 0.2) is 0 Å². The van der Waals surface area contributed by atoms with E-state index in [9.17, 15) is 48.7 Å². The molecule has 0 aromatic rings. The van der Waals surface area contributed by atoms with Gasteiger partial charge in [0, 0.05) is 37.0 Å². The summed E-state index contributed by atoms with van der Waals surface area (Å²) >= 11 is 0. The Bertz CT molecular complexity index is 1320. The molecule has 1 aliphatic heterocycles. The summed E-state index contributed by atoms with van der Waals surface area (Å²) in [5.41, 5.74) is -3.65. The van der Waals surface area contributed by atoms with Crippen LogP contribution in [0.5, 0.6) is 0 Å². The van der Waals surface area contributed by atoms with Crippen molar-refractivity contribution in [2.45, 2.75) is 64.0 Å². The fraction of sp³-hybridized carbons (Fsp3) is 0.567. The highest BCUT2D eigenvalue weighted by atomic mass is 19.4. The van der Waals surface area contributed by atoms with Gasteiger partial charge in [-0.25, -0.2) is 9.18 Å². The summed E-state index contributed by atoms with van der Waals surface area (Å²) in [5.74, 6) is -4.77. The summed E-state index contributed by atoms with van der Waals surface area (Å²) < 4.78 is 148. The van der Waals surface area contributed by atoms with Crippen molar-refractivity contribution in [1.82, 2.24) is 4.90 Å². The minimum absolute atomic E-state index is 0.0186. The number of carbonyl (C=O) groups is 1. The molecule has 1 heterocycles. The molecule has 0 spiro atoms. The Kier molecular flexibility index (Phi) is 9.27. The van der Waals surface area contributed by atoms with Gasteiger partial charge in [0.1, 0.15) is 11.9 Å². The van der Waals surface area contributed by atoms with Gasteiger partial charge in [-0.2, -0.15) is 39.5 Å². The molecule has 4 rings (SSSR count). The summed E-state index contributed by atoms with van der Waals surface area (Å²) in [6.45, 7) is 4.44. The Morgan fingerprint density at radius 2 is 1.57 bits per heavy atom. The Balaban J connectivity index is 1.66. The monoisotopic (exact) mass is 643 g/mol. The van der Waals surface area contributed by atoms with Gasteiger partial charge in [-0.05, 0) is 42.9 Å². The third-order valence-corrected chi connectivity index (χ3v) is 8.53. The Hall–Kier alpha value is -3.03. The molecule has 0 radical (unpaired) electrons. The predicted octanol–water partition coefficient (Wildman–Crippen LogP) is 8.56. The number of carbonyl (C=O) groups excluding carboxylic acids is 1. The molecule has 0 aromatic heterocycles. The molecule has 14 heteroatoms. The molecule has 3 aliphatic carbocycles. The van der Waals surface area contributed by atoms with Crippen LogP contribution in [0.25, 0.3) is 0 Å². The predicted molar refractivity (Wildman–Crippen MR) is 139 cm³/mol. The highest BCUT2D eigenvalue weighted by Gasteiger charge is 2.50. The van der Waals surface area contributed by atoms with Gasteiger partial charge in [-0.1, -0.05) is 44.2 Å². The molecule has 4 aliphatic rings. The van der Waals surface area contributed by atoms with E-state index < -0.39 is 102 Å². The van der Waals surface area contributed by atoms with Crippen molar-refractivity contribution in [1.29, 1.82) is 0 Å². The quantitative estimate of drug-likeness (QED) is 0.273. The number of rotatable bonds is 6. The van der Waals surface area contributed by atoms with Crippen LogP contribution in [0.4, 0.5) is 48.7 Å². The smallest absolute Gasteiger partial charge is 0.416 e. The summed E-state index contributed by atoms with van der Waals surface area (Å²) in [5, 5.41) is 0. The van der Waals surface area contributed by atoms with Crippen molar-refractivity contribution in [3.05, 3.63) is 70.7 Å². The van der Waals surface area contributed by atoms with E-state index in [0.717, 1.165) is 17.1 Å². The van der Waals surface area contributed by atoms with Crippen LogP contribution in [0.3, 0.4) is 0 Å². The van der Waals surface area contributed by atoms with Crippen molar-refractivity contribution in [2.75, 3.05) is 13.7 Å². The van der Waals surface area contributed by atoms with Gasteiger partial charge >= 0.3 is 24.6 Å². The van der Waals surface area contributed by atoms with E-state index in [1.807, 2.05) is 0 Å². The normalized spacial score (nSPS) is 31.8. The largest absolute Gasteiger partial charge is 0.443 e. The van der Waals surface area contributed by atoms with Crippen LogP contribution >= 0.6 is 0 Å². The van der Waals surface area contributed by atoms with Gasteiger partial charge in [-0.15, -0.1) is 0 Å². The molecule has 1 fully saturated rings. The lowest BCUT2D eigenvalue weighted by Crippen LogP contribution is -2.44. The molecule has 1 saturated heterocycles. The second kappa shape index (κ2) is 12.1. The molecule has 0 aromatic carbocycles. The van der Waals surface area contributed by atoms with Gasteiger partial charge in [0.2, 0.25) is 0 Å². The van der Waals surface area contributed by atoms with Crippen LogP contribution in [0.15, 0.2) is 70.7 Å². The second-order valence-electron chi connectivity index (χ2n) is 11.7. The fourth-order valence-electron chi connectivity index (χ4n) is 6.25. The zero-order valence-electron chi connectivity index (χ0n) is 24.0. The van der Waals surface area contributed by atoms with Gasteiger partial charge in [-0.3, -0.25) is 0 Å². The maximum atomic E-state index is 14.8. The highest BCUT2D eigenvalue weighted by Crippen LogP contribution is 2.45. The molecule has 44 heavy (non-hydrogen) atoms. The van der Waals surface area contributed by atoms with Gasteiger partial charge in [0.05, 0.1) is 23.3 Å². The van der Waals surface area contributed by atoms with E-state index in [1.54, 1.807) is 19.9 Å². The number of nitrogens with zero attached hydrogens (tertiary/aromatic N) is 1. The standard InChI is InChI=1S/C30H31F10NO3/c1-14(2)22-11-23(25(43-4)12-24(22)31)21-6-5-18(28(32,33)34)9-17(21)13-41-15(3)26(44-27(41)42)16-7-19(29(35,36)37)10-20(8-16)30(38,39)40/h5-7,9-12,14-17,21,23,25-26H,8,13H2,1-4H3/t15-,16?,17?,21?,23?,25?,26-/m0/s1. The zero-order chi connectivity index (χ0) is 32.9. The van der Waals surface area contributed by atoms with Crippen LogP contribution in [-0.4, -0.2) is 61.4 Å². The topological polar surface area (TPSA) is 38.8 Å². The van der Waals surface area contributed by atoms with Crippen LogP contribution in [0.1, 0.15) is 27.2 Å². The molecule has 0 N–H and O–H groups in total. The molecule has 244 valence electrons. The number of amides is 1. The SMILES string of the molecule is COC1C=C(F)C(C(C)C)=CC1C1C=CC(C(F)(F)F)=CC1CN1C(=O)O[C@H](C2C=C(C(F)(F)F)C=C(C(F)(F)F)C2)[C@@H]1C. The first kappa shape index (κ1) is 33.9. The Morgan fingerprint density at radius 3 is 2.11 bits per heavy atom. The molecule has 7 atom stereocenters. The third kappa shape index (κ3) is 6.94. The minimum Gasteiger partial charge on any atom is -0.443 e. The van der Waals surface area contributed by atoms with E-state index in [4.69, 9.17) is 9.47 Å². The summed E-state index contributed by atoms with van der Waals surface area (Å²) in [7, 11) is 1.31. The first-order valence-electron chi connectivity index (χ1n) is 13.9. The fourth-order valence-corrected chi connectivity index (χ4v) is 6.25. The van der Waals surface area contributed by atoms with Gasteiger partial charge < -0.3 is 14.4 Å². The number of methoxy groups -OCH3 is 1. The summed E-state index contributed by atoms with van der Waals surface area (Å²) in [6, 6.07) is -1.09. The van der Waals surface area contributed by atoms with Crippen LogP contribution < -0.4 is 0 Å². The van der Waals surface area contributed by atoms with Crippen LogP contribution in [-0.2, 0) is 9.47 Å². The number of alkyl halides is 9. The number of halogens is 10. The molecule has 4 nitrogen and oxygen atoms in total. The molecule has 0 saturated carbocycles. The average molecular weight is 644 g/mol. The number of cyclic esters (lactones) is 1. The Labute approximate surface area is 247 Å². The maximum Gasteiger partial charge on any atom is 0.416 e. The third-order valence-electron chi connectivity index (χ3n) is 8.53. The highest BCUT2D eigenvalue weighted by molar-refractivity contribution is 5.71. The van der Waals surface area contributed by atoms with Crippen molar-refractivity contribution in [2.24, 2.45) is 29.6 Å². The Morgan fingerprint density at radius 1 is 0.932 bits per heavy atom. The number of ether oxygens (including phenoxy) is 2. The summed E-state index contributed by atoms with van der Waals surface area (Å²) in [4.78, 5) is 14.0. The first-order valence-corrected chi connectivity index (χ1v) is 13.9. The van der Waals surface area contributed by atoms with Crippen molar-refractivity contribution >= 4 is 6.09 Å². The van der Waals surface area contributed by atoms with Crippen molar-refractivity contribution in [3.8, 4) is 0 Å². The maximum absolute atomic E-state index is 14.8. The van der Waals surface area contributed by atoms with E-state index in [-0.39, 0.29) is 12.0 Å². The second-order valence-corrected chi connectivity index (χ2v) is 11.7. The lowest BCUT2D eigenvalue weighted by atomic mass is 9.71. The molecule has 0 bridgehead atoms. The molecule has 5 unspecified atom stereocenters. The molecule has 1 amide bonds. The average Bonchev–Trinajstić information content (AvgIpc) is 3.19. The number of hydrogen-bond acceptors (Lipinski definition) is 3. The molecular weight excluding hydrogens is 612 g/mol. The van der Waals surface area contributed by atoms with E-state index in [1.165, 1.54) is 26.2 Å². The lowest BCUT2D eigenvalue weighted by molar-refractivity contribution is -0.101. The van der Waals surface area contributed by atoms with Crippen molar-refractivity contribution in [3.63, 3.8) is 0 Å². The van der Waals surface area contributed by atoms with E-state index in [0.29, 0.717) is 11.6 Å². The first-order chi connectivity index (χ1) is 20.2. The van der Waals surface area contributed by atoms with E-state index in [2.05, 4.69) is 0 Å². The van der Waals surface area contributed by atoms with Crippen LogP contribution in [0, 0.1) is 29.6 Å². The number of hydrogen-bond donors (Lipinski definition) is 0. The van der Waals surface area contributed by atoms with Crippen LogP contribution in [0.2, 0.25) is 0 Å².